The highest BCUT2D eigenvalue weighted by molar-refractivity contribution is 7.91. The van der Waals surface area contributed by atoms with E-state index in [4.69, 9.17) is 0 Å². The quantitative estimate of drug-likeness (QED) is 0.812. The number of hydrogen-bond acceptors (Lipinski definition) is 4. The second-order valence-corrected chi connectivity index (χ2v) is 9.46. The van der Waals surface area contributed by atoms with E-state index in [0.29, 0.717) is 11.5 Å². The standard InChI is InChI=1S/C18H24N2O3S/c21-18(20-11-7-14-3-1-2-4-17(14)20)15-5-9-19(10-6-15)16-8-12-24(22,23)13-16/h1-4,15-16H,5-13H2/t16-/m0/s1. The van der Waals surface area contributed by atoms with Crippen molar-refractivity contribution in [3.63, 3.8) is 0 Å². The number of carbonyl (C=O) groups excluding carboxylic acids is 1. The van der Waals surface area contributed by atoms with E-state index >= 15 is 0 Å². The zero-order chi connectivity index (χ0) is 16.7. The average molecular weight is 348 g/mol. The van der Waals surface area contributed by atoms with Crippen LogP contribution in [0.3, 0.4) is 0 Å². The molecular formula is C18H24N2O3S. The predicted molar refractivity (Wildman–Crippen MR) is 93.9 cm³/mol. The molecule has 130 valence electrons. The van der Waals surface area contributed by atoms with Crippen molar-refractivity contribution in [3.05, 3.63) is 29.8 Å². The van der Waals surface area contributed by atoms with Gasteiger partial charge in [-0.2, -0.15) is 0 Å². The van der Waals surface area contributed by atoms with Gasteiger partial charge in [-0.1, -0.05) is 18.2 Å². The molecule has 1 atom stereocenters. The normalized spacial score (nSPS) is 27.3. The summed E-state index contributed by atoms with van der Waals surface area (Å²) < 4.78 is 23.3. The zero-order valence-corrected chi connectivity index (χ0v) is 14.7. The Morgan fingerprint density at radius 3 is 2.50 bits per heavy atom. The van der Waals surface area contributed by atoms with Crippen LogP contribution in [0.15, 0.2) is 24.3 Å². The SMILES string of the molecule is O=C(C1CCN([C@H]2CCS(=O)(=O)C2)CC1)N1CCc2ccccc21. The molecule has 2 saturated heterocycles. The highest BCUT2D eigenvalue weighted by Gasteiger charge is 2.37. The van der Waals surface area contributed by atoms with Crippen molar-refractivity contribution in [2.45, 2.75) is 31.7 Å². The maximum absolute atomic E-state index is 12.9. The molecule has 0 aromatic heterocycles. The van der Waals surface area contributed by atoms with Crippen LogP contribution >= 0.6 is 0 Å². The highest BCUT2D eigenvalue weighted by Crippen LogP contribution is 2.32. The van der Waals surface area contributed by atoms with Crippen LogP contribution in [0.25, 0.3) is 0 Å². The van der Waals surface area contributed by atoms with E-state index in [0.717, 1.165) is 51.0 Å². The van der Waals surface area contributed by atoms with E-state index in [1.807, 2.05) is 23.1 Å². The minimum atomic E-state index is -2.84. The molecule has 5 nitrogen and oxygen atoms in total. The van der Waals surface area contributed by atoms with Gasteiger partial charge < -0.3 is 4.90 Å². The van der Waals surface area contributed by atoms with Crippen LogP contribution in [-0.2, 0) is 21.1 Å². The molecule has 3 aliphatic rings. The van der Waals surface area contributed by atoms with Crippen molar-refractivity contribution in [1.29, 1.82) is 0 Å². The number of piperidine rings is 1. The molecule has 4 rings (SSSR count). The van der Waals surface area contributed by atoms with Crippen molar-refractivity contribution < 1.29 is 13.2 Å². The summed E-state index contributed by atoms with van der Waals surface area (Å²) >= 11 is 0. The number of anilines is 1. The molecule has 2 fully saturated rings. The van der Waals surface area contributed by atoms with Crippen LogP contribution < -0.4 is 4.90 Å². The maximum Gasteiger partial charge on any atom is 0.230 e. The van der Waals surface area contributed by atoms with E-state index in [9.17, 15) is 13.2 Å². The molecule has 6 heteroatoms. The number of sulfone groups is 1. The monoisotopic (exact) mass is 348 g/mol. The van der Waals surface area contributed by atoms with E-state index < -0.39 is 9.84 Å². The fourth-order valence-corrected chi connectivity index (χ4v) is 6.12. The first-order valence-corrected chi connectivity index (χ1v) is 10.7. The Bertz CT molecular complexity index is 738. The van der Waals surface area contributed by atoms with Gasteiger partial charge in [0, 0.05) is 24.2 Å². The number of nitrogens with zero attached hydrogens (tertiary/aromatic N) is 2. The molecule has 0 aliphatic carbocycles. The van der Waals surface area contributed by atoms with Crippen LogP contribution in [0.2, 0.25) is 0 Å². The minimum Gasteiger partial charge on any atom is -0.312 e. The summed E-state index contributed by atoms with van der Waals surface area (Å²) in [6.07, 6.45) is 3.38. The number of rotatable bonds is 2. The molecule has 0 saturated carbocycles. The molecule has 3 heterocycles. The van der Waals surface area contributed by atoms with Crippen molar-refractivity contribution >= 4 is 21.4 Å². The summed E-state index contributed by atoms with van der Waals surface area (Å²) in [5.41, 5.74) is 2.34. The smallest absolute Gasteiger partial charge is 0.230 e. The maximum atomic E-state index is 12.9. The number of amides is 1. The lowest BCUT2D eigenvalue weighted by molar-refractivity contribution is -0.123. The van der Waals surface area contributed by atoms with Gasteiger partial charge in [-0.3, -0.25) is 9.69 Å². The van der Waals surface area contributed by atoms with Crippen molar-refractivity contribution in [1.82, 2.24) is 4.90 Å². The van der Waals surface area contributed by atoms with Crippen molar-refractivity contribution in [3.8, 4) is 0 Å². The lowest BCUT2D eigenvalue weighted by Gasteiger charge is -2.36. The number of likely N-dealkylation sites (tertiary alicyclic amines) is 1. The van der Waals surface area contributed by atoms with Crippen LogP contribution in [0, 0.1) is 5.92 Å². The van der Waals surface area contributed by atoms with Gasteiger partial charge in [0.05, 0.1) is 11.5 Å². The topological polar surface area (TPSA) is 57.7 Å². The van der Waals surface area contributed by atoms with Gasteiger partial charge in [-0.15, -0.1) is 0 Å². The lowest BCUT2D eigenvalue weighted by atomic mass is 9.94. The number of benzene rings is 1. The van der Waals surface area contributed by atoms with Gasteiger partial charge in [-0.05, 0) is 50.4 Å². The number of fused-ring (bicyclic) bond motifs is 1. The van der Waals surface area contributed by atoms with E-state index in [1.165, 1.54) is 5.56 Å². The molecule has 1 aromatic carbocycles. The van der Waals surface area contributed by atoms with Gasteiger partial charge in [0.2, 0.25) is 5.91 Å². The second-order valence-electron chi connectivity index (χ2n) is 7.24. The first-order valence-electron chi connectivity index (χ1n) is 8.87. The third-order valence-corrected chi connectivity index (χ3v) is 7.51. The van der Waals surface area contributed by atoms with Crippen LogP contribution in [0.5, 0.6) is 0 Å². The van der Waals surface area contributed by atoms with Gasteiger partial charge in [0.1, 0.15) is 0 Å². The van der Waals surface area contributed by atoms with Gasteiger partial charge in [0.15, 0.2) is 9.84 Å². The van der Waals surface area contributed by atoms with Gasteiger partial charge >= 0.3 is 0 Å². The summed E-state index contributed by atoms with van der Waals surface area (Å²) in [5, 5.41) is 0. The Morgan fingerprint density at radius 2 is 1.79 bits per heavy atom. The molecule has 0 spiro atoms. The summed E-state index contributed by atoms with van der Waals surface area (Å²) in [4.78, 5) is 17.1. The Balaban J connectivity index is 1.37. The van der Waals surface area contributed by atoms with E-state index in [1.54, 1.807) is 0 Å². The molecule has 0 unspecified atom stereocenters. The lowest BCUT2D eigenvalue weighted by Crippen LogP contribution is -2.46. The summed E-state index contributed by atoms with van der Waals surface area (Å²) in [7, 11) is -2.84. The Kier molecular flexibility index (Phi) is 4.12. The third-order valence-electron chi connectivity index (χ3n) is 5.76. The first kappa shape index (κ1) is 16.1. The average Bonchev–Trinajstić information content (AvgIpc) is 3.17. The molecular weight excluding hydrogens is 324 g/mol. The predicted octanol–water partition coefficient (Wildman–Crippen LogP) is 1.47. The van der Waals surface area contributed by atoms with E-state index in [-0.39, 0.29) is 17.9 Å². The van der Waals surface area contributed by atoms with Crippen molar-refractivity contribution in [2.75, 3.05) is 36.0 Å². The number of carbonyl (C=O) groups is 1. The second kappa shape index (κ2) is 6.15. The molecule has 0 bridgehead atoms. The van der Waals surface area contributed by atoms with Crippen LogP contribution in [0.4, 0.5) is 5.69 Å². The Morgan fingerprint density at radius 1 is 1.04 bits per heavy atom. The van der Waals surface area contributed by atoms with Crippen LogP contribution in [-0.4, -0.2) is 56.4 Å². The molecule has 1 aromatic rings. The summed E-state index contributed by atoms with van der Waals surface area (Å²) in [6, 6.07) is 8.33. The van der Waals surface area contributed by atoms with E-state index in [2.05, 4.69) is 11.0 Å². The fourth-order valence-electron chi connectivity index (χ4n) is 4.36. The van der Waals surface area contributed by atoms with Crippen LogP contribution in [0.1, 0.15) is 24.8 Å². The zero-order valence-electron chi connectivity index (χ0n) is 13.9. The Hall–Kier alpha value is -1.40. The van der Waals surface area contributed by atoms with Gasteiger partial charge in [-0.25, -0.2) is 8.42 Å². The fraction of sp³-hybridized carbons (Fsp3) is 0.611. The Labute approximate surface area is 143 Å². The number of hydrogen-bond donors (Lipinski definition) is 0. The van der Waals surface area contributed by atoms with Gasteiger partial charge in [0.25, 0.3) is 0 Å². The summed E-state index contributed by atoms with van der Waals surface area (Å²) in [6.45, 7) is 2.47. The largest absolute Gasteiger partial charge is 0.312 e. The molecule has 24 heavy (non-hydrogen) atoms. The molecule has 0 radical (unpaired) electrons. The van der Waals surface area contributed by atoms with Crippen molar-refractivity contribution in [2.24, 2.45) is 5.92 Å². The molecule has 1 amide bonds. The number of para-hydroxylation sites is 1. The molecule has 0 N–H and O–H groups in total. The first-order chi connectivity index (χ1) is 11.5. The summed E-state index contributed by atoms with van der Waals surface area (Å²) in [5.74, 6) is 0.940. The third kappa shape index (κ3) is 2.97. The minimum absolute atomic E-state index is 0.0745. The molecule has 3 aliphatic heterocycles. The highest BCUT2D eigenvalue weighted by atomic mass is 32.2.